The molecule has 1 heterocycles. The zero-order valence-electron chi connectivity index (χ0n) is 16.0. The summed E-state index contributed by atoms with van der Waals surface area (Å²) in [5.74, 6) is 0.103. The Hall–Kier alpha value is -2.45. The summed E-state index contributed by atoms with van der Waals surface area (Å²) in [6.45, 7) is 6.16. The molecule has 2 aromatic carbocycles. The van der Waals surface area contributed by atoms with Crippen LogP contribution in [0.5, 0.6) is 0 Å². The van der Waals surface area contributed by atoms with Crippen molar-refractivity contribution in [1.82, 2.24) is 10.3 Å². The highest BCUT2D eigenvalue weighted by atomic mass is 32.2. The maximum atomic E-state index is 12.4. The molecule has 148 valence electrons. The Morgan fingerprint density at radius 1 is 1.14 bits per heavy atom. The van der Waals surface area contributed by atoms with Crippen molar-refractivity contribution in [1.29, 1.82) is 0 Å². The minimum atomic E-state index is -3.39. The van der Waals surface area contributed by atoms with Crippen LogP contribution in [0.15, 0.2) is 46.8 Å². The highest BCUT2D eigenvalue weighted by Crippen LogP contribution is 2.29. The molecule has 0 bridgehead atoms. The second-order valence-corrected chi connectivity index (χ2v) is 10.4. The van der Waals surface area contributed by atoms with Gasteiger partial charge in [0.1, 0.15) is 0 Å². The molecule has 2 amide bonds. The van der Waals surface area contributed by atoms with Crippen molar-refractivity contribution in [3.05, 3.63) is 53.6 Å². The van der Waals surface area contributed by atoms with E-state index in [-0.39, 0.29) is 22.0 Å². The molecule has 0 saturated carbocycles. The fraction of sp³-hybridized carbons (Fsp3) is 0.300. The van der Waals surface area contributed by atoms with Gasteiger partial charge in [-0.2, -0.15) is 0 Å². The molecule has 0 aliphatic carbocycles. The van der Waals surface area contributed by atoms with Gasteiger partial charge in [-0.05, 0) is 36.6 Å². The van der Waals surface area contributed by atoms with Crippen molar-refractivity contribution in [2.24, 2.45) is 5.92 Å². The van der Waals surface area contributed by atoms with E-state index in [1.807, 2.05) is 45.0 Å². The molecule has 0 aliphatic heterocycles. The van der Waals surface area contributed by atoms with Crippen molar-refractivity contribution in [3.8, 4) is 0 Å². The van der Waals surface area contributed by atoms with E-state index >= 15 is 0 Å². The summed E-state index contributed by atoms with van der Waals surface area (Å²) in [7, 11) is -3.39. The van der Waals surface area contributed by atoms with Gasteiger partial charge in [0.05, 0.1) is 16.0 Å². The Morgan fingerprint density at radius 2 is 1.86 bits per heavy atom. The van der Waals surface area contributed by atoms with Gasteiger partial charge in [0.2, 0.25) is 14.2 Å². The first-order valence-corrected chi connectivity index (χ1v) is 11.4. The van der Waals surface area contributed by atoms with Crippen molar-refractivity contribution < 1.29 is 13.2 Å². The molecule has 3 rings (SSSR count). The Bertz CT molecular complexity index is 1090. The van der Waals surface area contributed by atoms with E-state index in [1.165, 1.54) is 5.56 Å². The van der Waals surface area contributed by atoms with Crippen molar-refractivity contribution >= 4 is 43.1 Å². The molecule has 0 radical (unpaired) electrons. The molecule has 0 aliphatic rings. The molecular weight excluding hydrogens is 394 g/mol. The van der Waals surface area contributed by atoms with Crippen LogP contribution in [0.25, 0.3) is 10.2 Å². The first-order chi connectivity index (χ1) is 13.2. The number of thiazole rings is 1. The van der Waals surface area contributed by atoms with E-state index in [1.54, 1.807) is 18.2 Å². The molecule has 0 atom stereocenters. The fourth-order valence-electron chi connectivity index (χ4n) is 2.69. The van der Waals surface area contributed by atoms with Crippen LogP contribution in [0.2, 0.25) is 0 Å². The molecular formula is C20H23N3O3S2. The molecule has 8 heteroatoms. The van der Waals surface area contributed by atoms with Gasteiger partial charge in [-0.25, -0.2) is 18.2 Å². The lowest BCUT2D eigenvalue weighted by Crippen LogP contribution is -2.28. The molecule has 3 aromatic rings. The van der Waals surface area contributed by atoms with Crippen LogP contribution < -0.4 is 10.6 Å². The van der Waals surface area contributed by atoms with Gasteiger partial charge < -0.3 is 10.6 Å². The van der Waals surface area contributed by atoms with Gasteiger partial charge in [0.15, 0.2) is 0 Å². The minimum Gasteiger partial charge on any atom is -0.334 e. The number of fused-ring (bicyclic) bond motifs is 1. The van der Waals surface area contributed by atoms with E-state index in [4.69, 9.17) is 0 Å². The number of amides is 2. The lowest BCUT2D eigenvalue weighted by Gasteiger charge is -2.08. The van der Waals surface area contributed by atoms with Gasteiger partial charge in [-0.15, -0.1) is 11.3 Å². The number of carbonyl (C=O) groups excluding carboxylic acids is 1. The van der Waals surface area contributed by atoms with Gasteiger partial charge in [-0.3, -0.25) is 0 Å². The first kappa shape index (κ1) is 20.3. The first-order valence-electron chi connectivity index (χ1n) is 8.97. The number of aryl methyl sites for hydroxylation is 1. The molecule has 0 spiro atoms. The number of nitrogens with zero attached hydrogens (tertiary/aromatic N) is 1. The maximum Gasteiger partial charge on any atom is 0.319 e. The number of hydrogen-bond acceptors (Lipinski definition) is 5. The maximum absolute atomic E-state index is 12.4. The summed E-state index contributed by atoms with van der Waals surface area (Å²) in [5, 5.41) is 5.58. The highest BCUT2D eigenvalue weighted by molar-refractivity contribution is 7.93. The third kappa shape index (κ3) is 5.08. The predicted octanol–water partition coefficient (Wildman–Crippen LogP) is 4.36. The van der Waals surface area contributed by atoms with Crippen LogP contribution in [-0.2, 0) is 16.4 Å². The summed E-state index contributed by atoms with van der Waals surface area (Å²) >= 11 is 1.13. The summed E-state index contributed by atoms with van der Waals surface area (Å²) in [6, 6.07) is 12.8. The normalized spacial score (nSPS) is 11.7. The largest absolute Gasteiger partial charge is 0.334 e. The average Bonchev–Trinajstić information content (AvgIpc) is 3.04. The Morgan fingerprint density at radius 3 is 2.54 bits per heavy atom. The zero-order chi connectivity index (χ0) is 20.3. The number of sulfone groups is 1. The number of urea groups is 1. The second kappa shape index (κ2) is 8.28. The number of rotatable bonds is 6. The number of nitrogens with one attached hydrogen (secondary N) is 2. The third-order valence-corrected chi connectivity index (χ3v) is 7.57. The molecule has 0 fully saturated rings. The summed E-state index contributed by atoms with van der Waals surface area (Å²) in [5.41, 5.74) is 3.38. The van der Waals surface area contributed by atoms with Gasteiger partial charge in [-0.1, -0.05) is 43.7 Å². The Balaban J connectivity index is 1.68. The molecule has 28 heavy (non-hydrogen) atoms. The minimum absolute atomic E-state index is 0.0338. The van der Waals surface area contributed by atoms with Gasteiger partial charge in [0.25, 0.3) is 0 Å². The lowest BCUT2D eigenvalue weighted by atomic mass is 10.1. The van der Waals surface area contributed by atoms with Gasteiger partial charge in [0, 0.05) is 12.2 Å². The third-order valence-electron chi connectivity index (χ3n) is 4.02. The van der Waals surface area contributed by atoms with Crippen LogP contribution in [0.4, 0.5) is 10.5 Å². The number of aromatic nitrogens is 1. The van der Waals surface area contributed by atoms with E-state index in [2.05, 4.69) is 15.6 Å². The van der Waals surface area contributed by atoms with E-state index in [9.17, 15) is 13.2 Å². The molecule has 0 saturated heterocycles. The van der Waals surface area contributed by atoms with Gasteiger partial charge >= 0.3 is 6.03 Å². The molecule has 1 aromatic heterocycles. The van der Waals surface area contributed by atoms with Crippen molar-refractivity contribution in [3.63, 3.8) is 0 Å². The monoisotopic (exact) mass is 417 g/mol. The number of carbonyl (C=O) groups is 1. The van der Waals surface area contributed by atoms with Crippen molar-refractivity contribution in [2.45, 2.75) is 31.7 Å². The number of anilines is 1. The van der Waals surface area contributed by atoms with Crippen LogP contribution in [0.1, 0.15) is 25.0 Å². The summed E-state index contributed by atoms with van der Waals surface area (Å²) in [4.78, 5) is 16.4. The van der Waals surface area contributed by atoms with Crippen molar-refractivity contribution in [2.75, 3.05) is 11.1 Å². The topological polar surface area (TPSA) is 88.2 Å². The number of hydrogen-bond donors (Lipinski definition) is 2. The van der Waals surface area contributed by atoms with Crippen LogP contribution in [0.3, 0.4) is 0 Å². The fourth-order valence-corrected chi connectivity index (χ4v) is 5.66. The summed E-state index contributed by atoms with van der Waals surface area (Å²) < 4.78 is 25.6. The van der Waals surface area contributed by atoms with E-state index < -0.39 is 9.84 Å². The molecule has 0 unspecified atom stereocenters. The predicted molar refractivity (Wildman–Crippen MR) is 114 cm³/mol. The molecule has 2 N–H and O–H groups in total. The van der Waals surface area contributed by atoms with Crippen LogP contribution in [0, 0.1) is 12.8 Å². The number of benzene rings is 2. The van der Waals surface area contributed by atoms with E-state index in [0.29, 0.717) is 17.7 Å². The smallest absolute Gasteiger partial charge is 0.319 e. The molecule has 6 nitrogen and oxygen atoms in total. The standard InChI is InChI=1S/C20H23N3O3S2/c1-13(2)12-28(25,26)20-23-17-9-8-16(10-18(17)27-20)22-19(24)21-11-15-6-4-14(3)5-7-15/h4-10,13H,11-12H2,1-3H3,(H2,21,22,24). The summed E-state index contributed by atoms with van der Waals surface area (Å²) in [6.07, 6.45) is 0. The lowest BCUT2D eigenvalue weighted by molar-refractivity contribution is 0.251. The van der Waals surface area contributed by atoms with Crippen LogP contribution >= 0.6 is 11.3 Å². The Kier molecular flexibility index (Phi) is 6.00. The van der Waals surface area contributed by atoms with E-state index in [0.717, 1.165) is 21.6 Å². The highest BCUT2D eigenvalue weighted by Gasteiger charge is 2.21. The quantitative estimate of drug-likeness (QED) is 0.624. The van der Waals surface area contributed by atoms with Crippen LogP contribution in [-0.4, -0.2) is 25.2 Å². The second-order valence-electron chi connectivity index (χ2n) is 7.13. The Labute approximate surface area is 168 Å². The SMILES string of the molecule is Cc1ccc(CNC(=O)Nc2ccc3nc(S(=O)(=O)CC(C)C)sc3c2)cc1. The average molecular weight is 418 g/mol. The zero-order valence-corrected chi connectivity index (χ0v) is 17.7.